The molecule has 6 heteroatoms. The average molecular weight is 331 g/mol. The molecule has 124 valence electrons. The van der Waals surface area contributed by atoms with Gasteiger partial charge >= 0.3 is 0 Å². The zero-order valence-electron chi connectivity index (χ0n) is 14.3. The smallest absolute Gasteiger partial charge is 0.242 e. The minimum atomic E-state index is -0.616. The van der Waals surface area contributed by atoms with Crippen LogP contribution in [0.2, 0.25) is 0 Å². The van der Waals surface area contributed by atoms with Gasteiger partial charge < -0.3 is 0 Å². The Kier molecular flexibility index (Phi) is 3.35. The Hall–Kier alpha value is -3.15. The van der Waals surface area contributed by atoms with Crippen molar-refractivity contribution < 1.29 is 4.79 Å². The number of fused-ring (bicyclic) bond motifs is 1. The number of carbonyl (C=O) groups excluding carboxylic acids is 1. The van der Waals surface area contributed by atoms with Gasteiger partial charge in [-0.05, 0) is 38.0 Å². The van der Waals surface area contributed by atoms with Gasteiger partial charge in [-0.15, -0.1) is 0 Å². The molecule has 2 aromatic heterocycles. The molecule has 0 aliphatic carbocycles. The number of aromatic nitrogens is 4. The van der Waals surface area contributed by atoms with Gasteiger partial charge in [0.25, 0.3) is 0 Å². The minimum absolute atomic E-state index is 0.0136. The van der Waals surface area contributed by atoms with E-state index >= 15 is 0 Å². The Bertz CT molecular complexity index is 951. The summed E-state index contributed by atoms with van der Waals surface area (Å²) in [5.74, 6) is 1.24. The van der Waals surface area contributed by atoms with Gasteiger partial charge in [-0.2, -0.15) is 0 Å². The summed E-state index contributed by atoms with van der Waals surface area (Å²) in [7, 11) is 0. The zero-order chi connectivity index (χ0) is 17.6. The van der Waals surface area contributed by atoms with Gasteiger partial charge in [0.2, 0.25) is 5.91 Å². The number of hydrogen-bond acceptors (Lipinski definition) is 5. The Morgan fingerprint density at radius 2 is 1.72 bits per heavy atom. The van der Waals surface area contributed by atoms with E-state index in [4.69, 9.17) is 0 Å². The Morgan fingerprint density at radius 1 is 0.960 bits per heavy atom. The zero-order valence-corrected chi connectivity index (χ0v) is 14.3. The molecule has 1 amide bonds. The fourth-order valence-corrected chi connectivity index (χ4v) is 3.10. The third-order valence-corrected chi connectivity index (χ3v) is 4.54. The van der Waals surface area contributed by atoms with Gasteiger partial charge in [-0.25, -0.2) is 15.0 Å². The number of carbonyl (C=O) groups is 1. The lowest BCUT2D eigenvalue weighted by atomic mass is 9.85. The maximum Gasteiger partial charge on any atom is 0.242 e. The fraction of sp³-hybridized carbons (Fsp3) is 0.211. The van der Waals surface area contributed by atoms with Crippen molar-refractivity contribution in [3.63, 3.8) is 0 Å². The van der Waals surface area contributed by atoms with Crippen molar-refractivity contribution in [3.8, 4) is 11.1 Å². The molecule has 1 aliphatic heterocycles. The van der Waals surface area contributed by atoms with E-state index in [9.17, 15) is 4.79 Å². The first kappa shape index (κ1) is 15.4. The van der Waals surface area contributed by atoms with Crippen molar-refractivity contribution in [1.29, 1.82) is 0 Å². The van der Waals surface area contributed by atoms with Gasteiger partial charge in [0.05, 0.1) is 17.3 Å². The van der Waals surface area contributed by atoms with Crippen molar-refractivity contribution in [1.82, 2.24) is 19.9 Å². The van der Waals surface area contributed by atoms with E-state index in [-0.39, 0.29) is 5.91 Å². The Balaban J connectivity index is 1.88. The molecule has 0 atom stereocenters. The highest BCUT2D eigenvalue weighted by Crippen LogP contribution is 2.45. The SMILES string of the molecule is Cc1ncc(-c2ccc3c(c2)N(c2cnccn2)C(=O)C3(C)C)cn1. The predicted octanol–water partition coefficient (Wildman–Crippen LogP) is 3.20. The summed E-state index contributed by atoms with van der Waals surface area (Å²) in [5, 5.41) is 0. The molecule has 0 saturated carbocycles. The molecule has 0 saturated heterocycles. The monoisotopic (exact) mass is 331 g/mol. The van der Waals surface area contributed by atoms with E-state index in [1.807, 2.05) is 39.0 Å². The van der Waals surface area contributed by atoms with Crippen molar-refractivity contribution in [2.75, 3.05) is 4.90 Å². The Morgan fingerprint density at radius 3 is 2.40 bits per heavy atom. The summed E-state index contributed by atoms with van der Waals surface area (Å²) in [6.07, 6.45) is 8.36. The molecule has 0 fully saturated rings. The molecule has 0 radical (unpaired) electrons. The van der Waals surface area contributed by atoms with Crippen LogP contribution in [0.3, 0.4) is 0 Å². The second-order valence-corrected chi connectivity index (χ2v) is 6.58. The number of anilines is 2. The minimum Gasteiger partial charge on any atom is -0.273 e. The number of nitrogens with zero attached hydrogens (tertiary/aromatic N) is 5. The van der Waals surface area contributed by atoms with Gasteiger partial charge in [-0.1, -0.05) is 12.1 Å². The van der Waals surface area contributed by atoms with E-state index in [1.54, 1.807) is 35.9 Å². The standard InChI is InChI=1S/C19H17N5O/c1-12-22-9-14(10-23-12)13-4-5-15-16(8-13)24(18(25)19(15,2)3)17-11-20-6-7-21-17/h4-11H,1-3H3. The predicted molar refractivity (Wildman–Crippen MR) is 94.4 cm³/mol. The van der Waals surface area contributed by atoms with Crippen LogP contribution in [0.15, 0.2) is 49.2 Å². The van der Waals surface area contributed by atoms with Crippen LogP contribution in [0.5, 0.6) is 0 Å². The lowest BCUT2D eigenvalue weighted by Gasteiger charge is -2.19. The van der Waals surface area contributed by atoms with Gasteiger partial charge in [-0.3, -0.25) is 14.7 Å². The van der Waals surface area contributed by atoms with Crippen molar-refractivity contribution in [3.05, 3.63) is 60.6 Å². The molecule has 0 unspecified atom stereocenters. The lowest BCUT2D eigenvalue weighted by molar-refractivity contribution is -0.121. The topological polar surface area (TPSA) is 71.9 Å². The molecule has 0 bridgehead atoms. The van der Waals surface area contributed by atoms with Crippen LogP contribution in [-0.4, -0.2) is 25.8 Å². The van der Waals surface area contributed by atoms with Gasteiger partial charge in [0.1, 0.15) is 5.82 Å². The van der Waals surface area contributed by atoms with Crippen LogP contribution < -0.4 is 4.90 Å². The molecule has 3 heterocycles. The van der Waals surface area contributed by atoms with Gasteiger partial charge in [0, 0.05) is 30.4 Å². The maximum atomic E-state index is 13.0. The molecular formula is C19H17N5O. The van der Waals surface area contributed by atoms with Crippen LogP contribution in [0, 0.1) is 6.92 Å². The number of benzene rings is 1. The number of hydrogen-bond donors (Lipinski definition) is 0. The van der Waals surface area contributed by atoms with E-state index in [2.05, 4.69) is 19.9 Å². The van der Waals surface area contributed by atoms with E-state index in [0.29, 0.717) is 5.82 Å². The van der Waals surface area contributed by atoms with Crippen LogP contribution >= 0.6 is 0 Å². The van der Waals surface area contributed by atoms with E-state index in [0.717, 1.165) is 28.2 Å². The van der Waals surface area contributed by atoms with Crippen LogP contribution in [-0.2, 0) is 10.2 Å². The molecule has 1 aliphatic rings. The second kappa shape index (κ2) is 5.44. The average Bonchev–Trinajstić information content (AvgIpc) is 2.82. The first-order chi connectivity index (χ1) is 12.0. The first-order valence-corrected chi connectivity index (χ1v) is 8.02. The van der Waals surface area contributed by atoms with Crippen LogP contribution in [0.1, 0.15) is 25.2 Å². The van der Waals surface area contributed by atoms with Crippen molar-refractivity contribution in [2.45, 2.75) is 26.2 Å². The lowest BCUT2D eigenvalue weighted by Crippen LogP contribution is -2.33. The normalized spacial score (nSPS) is 15.3. The molecular weight excluding hydrogens is 314 g/mol. The first-order valence-electron chi connectivity index (χ1n) is 8.02. The summed E-state index contributed by atoms with van der Waals surface area (Å²) in [6, 6.07) is 5.99. The number of amides is 1. The summed E-state index contributed by atoms with van der Waals surface area (Å²) in [5.41, 5.74) is 3.05. The van der Waals surface area contributed by atoms with Crippen molar-refractivity contribution >= 4 is 17.4 Å². The molecule has 0 N–H and O–H groups in total. The summed E-state index contributed by atoms with van der Waals surface area (Å²) in [6.45, 7) is 5.71. The van der Waals surface area contributed by atoms with Crippen LogP contribution in [0.4, 0.5) is 11.5 Å². The molecule has 1 aromatic carbocycles. The third-order valence-electron chi connectivity index (χ3n) is 4.54. The molecule has 4 rings (SSSR count). The molecule has 6 nitrogen and oxygen atoms in total. The highest BCUT2D eigenvalue weighted by Gasteiger charge is 2.45. The largest absolute Gasteiger partial charge is 0.273 e. The van der Waals surface area contributed by atoms with E-state index < -0.39 is 5.41 Å². The molecule has 25 heavy (non-hydrogen) atoms. The quantitative estimate of drug-likeness (QED) is 0.721. The van der Waals surface area contributed by atoms with Gasteiger partial charge in [0.15, 0.2) is 5.82 Å². The molecule has 0 spiro atoms. The third kappa shape index (κ3) is 2.38. The van der Waals surface area contributed by atoms with E-state index in [1.165, 1.54) is 0 Å². The van der Waals surface area contributed by atoms with Crippen LogP contribution in [0.25, 0.3) is 11.1 Å². The number of rotatable bonds is 2. The fourth-order valence-electron chi connectivity index (χ4n) is 3.10. The van der Waals surface area contributed by atoms with Crippen molar-refractivity contribution in [2.24, 2.45) is 0 Å². The summed E-state index contributed by atoms with van der Waals surface area (Å²) < 4.78 is 0. The highest BCUT2D eigenvalue weighted by molar-refractivity contribution is 6.12. The maximum absolute atomic E-state index is 13.0. The summed E-state index contributed by atoms with van der Waals surface area (Å²) >= 11 is 0. The Labute approximate surface area is 145 Å². The summed E-state index contributed by atoms with van der Waals surface area (Å²) in [4.78, 5) is 31.6. The molecule has 3 aromatic rings. The highest BCUT2D eigenvalue weighted by atomic mass is 16.2. The second-order valence-electron chi connectivity index (χ2n) is 6.58. The number of aryl methyl sites for hydroxylation is 1.